The molecule has 0 aliphatic heterocycles. The van der Waals surface area contributed by atoms with Gasteiger partial charge in [-0.05, 0) is 30.3 Å². The fraction of sp³-hybridized carbons (Fsp3) is 0.0667. The fourth-order valence-corrected chi connectivity index (χ4v) is 1.80. The van der Waals surface area contributed by atoms with Crippen molar-refractivity contribution in [3.05, 3.63) is 64.2 Å². The van der Waals surface area contributed by atoms with Crippen molar-refractivity contribution in [1.82, 2.24) is 0 Å². The van der Waals surface area contributed by atoms with Crippen LogP contribution >= 0.6 is 0 Å². The van der Waals surface area contributed by atoms with Gasteiger partial charge in [0.2, 0.25) is 5.91 Å². The van der Waals surface area contributed by atoms with E-state index in [9.17, 15) is 19.7 Å². The summed E-state index contributed by atoms with van der Waals surface area (Å²) in [5, 5.41) is 15.9. The van der Waals surface area contributed by atoms with E-state index < -0.39 is 10.8 Å². The Morgan fingerprint density at radius 1 is 1.00 bits per heavy atom. The normalized spacial score (nSPS) is 9.86. The van der Waals surface area contributed by atoms with Crippen LogP contribution in [-0.4, -0.2) is 16.7 Å². The van der Waals surface area contributed by atoms with Crippen LogP contribution in [0.3, 0.4) is 0 Å². The number of nitrogens with zero attached hydrogens (tertiary/aromatic N) is 1. The molecule has 0 aliphatic carbocycles. The first-order valence-electron chi connectivity index (χ1n) is 6.39. The van der Waals surface area contributed by atoms with Gasteiger partial charge in [0.15, 0.2) is 0 Å². The third kappa shape index (κ3) is 3.89. The number of hydrogen-bond donors (Lipinski definition) is 2. The number of benzene rings is 2. The number of anilines is 2. The fourth-order valence-electron chi connectivity index (χ4n) is 1.80. The third-order valence-electron chi connectivity index (χ3n) is 2.78. The van der Waals surface area contributed by atoms with Crippen molar-refractivity contribution in [2.24, 2.45) is 0 Å². The molecule has 0 heterocycles. The molecule has 0 bridgehead atoms. The van der Waals surface area contributed by atoms with Crippen LogP contribution in [0.4, 0.5) is 17.1 Å². The predicted molar refractivity (Wildman–Crippen MR) is 81.8 cm³/mol. The standard InChI is InChI=1S/C15H13N3O4/c1-10(19)16-12-5-7-13(8-6-12)17-15(20)11-3-2-4-14(9-11)18(21)22/h2-9H,1H3,(H,16,19)(H,17,20). The Bertz CT molecular complexity index is 726. The predicted octanol–water partition coefficient (Wildman–Crippen LogP) is 2.81. The van der Waals surface area contributed by atoms with Crippen LogP contribution in [0.15, 0.2) is 48.5 Å². The van der Waals surface area contributed by atoms with E-state index in [0.29, 0.717) is 11.4 Å². The number of amides is 2. The lowest BCUT2D eigenvalue weighted by Crippen LogP contribution is -2.12. The lowest BCUT2D eigenvalue weighted by molar-refractivity contribution is -0.384. The molecule has 7 nitrogen and oxygen atoms in total. The quantitative estimate of drug-likeness (QED) is 0.669. The van der Waals surface area contributed by atoms with E-state index in [1.54, 1.807) is 24.3 Å². The second-order valence-corrected chi connectivity index (χ2v) is 4.52. The molecular formula is C15H13N3O4. The minimum Gasteiger partial charge on any atom is -0.326 e. The Kier molecular flexibility index (Phi) is 4.47. The first-order valence-corrected chi connectivity index (χ1v) is 6.39. The van der Waals surface area contributed by atoms with E-state index in [1.807, 2.05) is 0 Å². The van der Waals surface area contributed by atoms with Gasteiger partial charge in [0, 0.05) is 36.0 Å². The van der Waals surface area contributed by atoms with Crippen molar-refractivity contribution in [2.45, 2.75) is 6.92 Å². The number of carbonyl (C=O) groups excluding carboxylic acids is 2. The highest BCUT2D eigenvalue weighted by molar-refractivity contribution is 6.04. The van der Waals surface area contributed by atoms with Crippen LogP contribution < -0.4 is 10.6 Å². The van der Waals surface area contributed by atoms with Crippen molar-refractivity contribution in [2.75, 3.05) is 10.6 Å². The summed E-state index contributed by atoms with van der Waals surface area (Å²) in [7, 11) is 0. The Morgan fingerprint density at radius 2 is 1.59 bits per heavy atom. The van der Waals surface area contributed by atoms with E-state index in [0.717, 1.165) is 0 Å². The number of nitro benzene ring substituents is 1. The Hall–Kier alpha value is -3.22. The molecule has 0 radical (unpaired) electrons. The Balaban J connectivity index is 2.10. The van der Waals surface area contributed by atoms with Gasteiger partial charge < -0.3 is 10.6 Å². The number of carbonyl (C=O) groups is 2. The monoisotopic (exact) mass is 299 g/mol. The molecule has 2 N–H and O–H groups in total. The van der Waals surface area contributed by atoms with Crippen LogP contribution in [0.5, 0.6) is 0 Å². The zero-order valence-electron chi connectivity index (χ0n) is 11.7. The largest absolute Gasteiger partial charge is 0.326 e. The van der Waals surface area contributed by atoms with Crippen LogP contribution in [-0.2, 0) is 4.79 Å². The number of rotatable bonds is 4. The van der Waals surface area contributed by atoms with Crippen LogP contribution in [0.1, 0.15) is 17.3 Å². The van der Waals surface area contributed by atoms with Crippen molar-refractivity contribution in [1.29, 1.82) is 0 Å². The summed E-state index contributed by atoms with van der Waals surface area (Å²) < 4.78 is 0. The number of non-ortho nitro benzene ring substituents is 1. The van der Waals surface area contributed by atoms with Gasteiger partial charge >= 0.3 is 0 Å². The molecule has 0 fully saturated rings. The average Bonchev–Trinajstić information content (AvgIpc) is 2.49. The minimum absolute atomic E-state index is 0.145. The molecule has 2 aromatic rings. The van der Waals surface area contributed by atoms with E-state index in [-0.39, 0.29) is 17.2 Å². The second-order valence-electron chi connectivity index (χ2n) is 4.52. The second kappa shape index (κ2) is 6.49. The first kappa shape index (κ1) is 15.2. The highest BCUT2D eigenvalue weighted by Gasteiger charge is 2.11. The molecule has 0 unspecified atom stereocenters. The summed E-state index contributed by atoms with van der Waals surface area (Å²) in [5.74, 6) is -0.635. The SMILES string of the molecule is CC(=O)Nc1ccc(NC(=O)c2cccc([N+](=O)[O-])c2)cc1. The van der Waals surface area contributed by atoms with E-state index >= 15 is 0 Å². The third-order valence-corrected chi connectivity index (χ3v) is 2.78. The molecule has 0 saturated carbocycles. The zero-order valence-corrected chi connectivity index (χ0v) is 11.7. The summed E-state index contributed by atoms with van der Waals surface area (Å²) in [6, 6.07) is 12.0. The first-order chi connectivity index (χ1) is 10.5. The van der Waals surface area contributed by atoms with Gasteiger partial charge in [-0.2, -0.15) is 0 Å². The molecule has 7 heteroatoms. The highest BCUT2D eigenvalue weighted by atomic mass is 16.6. The van der Waals surface area contributed by atoms with Crippen LogP contribution in [0.2, 0.25) is 0 Å². The molecule has 112 valence electrons. The summed E-state index contributed by atoms with van der Waals surface area (Å²) in [4.78, 5) is 33.1. The molecule has 2 amide bonds. The van der Waals surface area contributed by atoms with Gasteiger partial charge in [0.25, 0.3) is 11.6 Å². The molecule has 0 spiro atoms. The molecule has 0 aliphatic rings. The molecule has 2 rings (SSSR count). The smallest absolute Gasteiger partial charge is 0.270 e. The molecule has 0 saturated heterocycles. The zero-order chi connectivity index (χ0) is 16.1. The van der Waals surface area contributed by atoms with E-state index in [1.165, 1.54) is 31.2 Å². The van der Waals surface area contributed by atoms with Crippen molar-refractivity contribution >= 4 is 28.9 Å². The Labute approximate surface area is 126 Å². The van der Waals surface area contributed by atoms with Gasteiger partial charge in [-0.1, -0.05) is 6.07 Å². The molecule has 0 aromatic heterocycles. The Morgan fingerprint density at radius 3 is 2.14 bits per heavy atom. The van der Waals surface area contributed by atoms with Gasteiger partial charge in [-0.15, -0.1) is 0 Å². The van der Waals surface area contributed by atoms with Crippen molar-refractivity contribution in [3.63, 3.8) is 0 Å². The van der Waals surface area contributed by atoms with Crippen LogP contribution in [0.25, 0.3) is 0 Å². The average molecular weight is 299 g/mol. The number of hydrogen-bond acceptors (Lipinski definition) is 4. The highest BCUT2D eigenvalue weighted by Crippen LogP contribution is 2.17. The molecule has 22 heavy (non-hydrogen) atoms. The van der Waals surface area contributed by atoms with Gasteiger partial charge in [0.1, 0.15) is 0 Å². The maximum atomic E-state index is 12.0. The summed E-state index contributed by atoms with van der Waals surface area (Å²) >= 11 is 0. The lowest BCUT2D eigenvalue weighted by atomic mass is 10.2. The molecular weight excluding hydrogens is 286 g/mol. The van der Waals surface area contributed by atoms with Crippen LogP contribution in [0, 0.1) is 10.1 Å². The van der Waals surface area contributed by atoms with Gasteiger partial charge in [0.05, 0.1) is 4.92 Å². The van der Waals surface area contributed by atoms with E-state index in [2.05, 4.69) is 10.6 Å². The maximum absolute atomic E-state index is 12.0. The van der Waals surface area contributed by atoms with Crippen molar-refractivity contribution in [3.8, 4) is 0 Å². The minimum atomic E-state index is -0.557. The molecule has 2 aromatic carbocycles. The lowest BCUT2D eigenvalue weighted by Gasteiger charge is -2.07. The van der Waals surface area contributed by atoms with Gasteiger partial charge in [-0.3, -0.25) is 19.7 Å². The molecule has 0 atom stereocenters. The van der Waals surface area contributed by atoms with E-state index in [4.69, 9.17) is 0 Å². The summed E-state index contributed by atoms with van der Waals surface area (Å²) in [6.07, 6.45) is 0. The topological polar surface area (TPSA) is 101 Å². The van der Waals surface area contributed by atoms with Gasteiger partial charge in [-0.25, -0.2) is 0 Å². The number of nitro groups is 1. The van der Waals surface area contributed by atoms with Crippen molar-refractivity contribution < 1.29 is 14.5 Å². The summed E-state index contributed by atoms with van der Waals surface area (Å²) in [5.41, 5.74) is 1.18. The number of nitrogens with one attached hydrogen (secondary N) is 2. The maximum Gasteiger partial charge on any atom is 0.270 e. The summed E-state index contributed by atoms with van der Waals surface area (Å²) in [6.45, 7) is 1.40.